The first-order valence-corrected chi connectivity index (χ1v) is 10.3. The van der Waals surface area contributed by atoms with E-state index >= 15 is 0 Å². The van der Waals surface area contributed by atoms with Gasteiger partial charge in [-0.1, -0.05) is 44.0 Å². The van der Waals surface area contributed by atoms with Gasteiger partial charge in [-0.2, -0.15) is 6.42 Å². The van der Waals surface area contributed by atoms with E-state index in [0.29, 0.717) is 4.47 Å². The molecule has 170 valence electrons. The Labute approximate surface area is 214 Å². The minimum Gasteiger partial charge on any atom is -0.423 e. The van der Waals surface area contributed by atoms with Crippen LogP contribution in [0.15, 0.2) is 29.0 Å². The summed E-state index contributed by atoms with van der Waals surface area (Å²) in [6, 6.07) is 2.18. The third-order valence-electron chi connectivity index (χ3n) is 3.06. The predicted molar refractivity (Wildman–Crippen MR) is 123 cm³/mol. The number of nitrogens with zero attached hydrogens (tertiary/aromatic N) is 2. The zero-order valence-electron chi connectivity index (χ0n) is 16.9. The van der Waals surface area contributed by atoms with Crippen LogP contribution in [-0.2, 0) is 4.74 Å². The molecule has 0 saturated carbocycles. The van der Waals surface area contributed by atoms with Crippen LogP contribution >= 0.6 is 39.1 Å². The molecular weight excluding hydrogens is 511 g/mol. The van der Waals surface area contributed by atoms with Gasteiger partial charge in [-0.25, -0.2) is 18.7 Å². The molecule has 0 amide bonds. The van der Waals surface area contributed by atoms with E-state index < -0.39 is 18.8 Å². The fourth-order valence-electron chi connectivity index (χ4n) is 1.49. The van der Waals surface area contributed by atoms with Crippen molar-refractivity contribution in [3.8, 4) is 0 Å². The molecule has 0 bridgehead atoms. The fourth-order valence-corrected chi connectivity index (χ4v) is 2.00. The average molecular weight is 538 g/mol. The average Bonchev–Trinajstić information content (AvgIpc) is 3.28. The smallest absolute Gasteiger partial charge is 0.423 e. The Balaban J connectivity index is -0.000000354. The molecular formula is C19H27BBrCl2F2LiN2O3. The van der Waals surface area contributed by atoms with Crippen LogP contribution < -0.4 is 24.3 Å². The quantitative estimate of drug-likeness (QED) is 0.349. The van der Waals surface area contributed by atoms with Gasteiger partial charge in [-0.15, -0.1) is 0 Å². The third-order valence-corrected chi connectivity index (χ3v) is 4.05. The van der Waals surface area contributed by atoms with Gasteiger partial charge in [0.2, 0.25) is 0 Å². The molecule has 3 heterocycles. The minimum atomic E-state index is -1.71. The van der Waals surface area contributed by atoms with Crippen molar-refractivity contribution in [3.05, 3.63) is 57.9 Å². The van der Waals surface area contributed by atoms with Gasteiger partial charge < -0.3 is 21.7 Å². The molecule has 2 aromatic heterocycles. The molecule has 0 atom stereocenters. The van der Waals surface area contributed by atoms with Gasteiger partial charge in [0.25, 0.3) is 0 Å². The van der Waals surface area contributed by atoms with Gasteiger partial charge in [-0.3, -0.25) is 0 Å². The molecule has 0 spiro atoms. The van der Waals surface area contributed by atoms with E-state index in [0.717, 1.165) is 31.9 Å². The van der Waals surface area contributed by atoms with Gasteiger partial charge in [0, 0.05) is 35.5 Å². The summed E-state index contributed by atoms with van der Waals surface area (Å²) in [5.41, 5.74) is -0.0214. The summed E-state index contributed by atoms with van der Waals surface area (Å²) in [7, 11) is -1.71. The first-order valence-electron chi connectivity index (χ1n) is 8.73. The molecule has 0 radical (unpaired) electrons. The topological polar surface area (TPSA) is 75.5 Å². The normalized spacial score (nSPS) is 11.1. The van der Waals surface area contributed by atoms with Crippen LogP contribution in [0.25, 0.3) is 0 Å². The van der Waals surface area contributed by atoms with Crippen molar-refractivity contribution in [2.24, 2.45) is 0 Å². The van der Waals surface area contributed by atoms with Crippen LogP contribution in [0, 0.1) is 18.6 Å². The number of rotatable bonds is 2. The second-order valence-electron chi connectivity index (χ2n) is 5.51. The Morgan fingerprint density at radius 3 is 1.84 bits per heavy atom. The van der Waals surface area contributed by atoms with Gasteiger partial charge in [0.15, 0.2) is 21.9 Å². The summed E-state index contributed by atoms with van der Waals surface area (Å²) in [6.07, 6.45) is 7.36. The molecule has 31 heavy (non-hydrogen) atoms. The number of hydrogen-bond donors (Lipinski definition) is 2. The summed E-state index contributed by atoms with van der Waals surface area (Å²) in [5, 5.41) is 16.7. The van der Waals surface area contributed by atoms with Gasteiger partial charge >= 0.3 is 26.0 Å². The standard InChI is InChI=1S/C5H4BClFNO2.C5H2BrClFN.C4H8O.C4H9.CH4.Li/c7-5-4(8)1-3(2-9-5)6(10)11;6-3-1-4(8)5(7)9-2-3;1-2-4-5-3-1;1-3-4-2;;/h1-2,10-11H;1-2H;1-4H2;1,3-4H2,2H3;1H4;/q;;;-1;;+1. The summed E-state index contributed by atoms with van der Waals surface area (Å²) in [6.45, 7) is 7.72. The zero-order valence-corrected chi connectivity index (χ0v) is 20.0. The molecule has 2 N–H and O–H groups in total. The molecule has 0 aliphatic carbocycles. The SMILES string of the molecule is C.C1CCOC1.Fc1cc(Br)cnc1Cl.OB(O)c1cnc(Cl)c(F)c1.[CH2-]CCC.[Li+]. The first kappa shape index (κ1) is 35.4. The van der Waals surface area contributed by atoms with Crippen molar-refractivity contribution < 1.29 is 42.4 Å². The summed E-state index contributed by atoms with van der Waals surface area (Å²) >= 11 is 13.5. The Morgan fingerprint density at radius 1 is 1.10 bits per heavy atom. The second-order valence-corrected chi connectivity index (χ2v) is 7.15. The number of pyridine rings is 2. The van der Waals surface area contributed by atoms with Crippen LogP contribution in [-0.4, -0.2) is 40.3 Å². The van der Waals surface area contributed by atoms with E-state index in [4.69, 9.17) is 38.0 Å². The molecule has 1 aliphatic rings. The maximum Gasteiger partial charge on any atom is 1.00 e. The van der Waals surface area contributed by atoms with Crippen molar-refractivity contribution in [1.82, 2.24) is 9.97 Å². The number of hydrogen-bond acceptors (Lipinski definition) is 5. The fraction of sp³-hybridized carbons (Fsp3) is 0.421. The maximum absolute atomic E-state index is 12.5. The molecule has 5 nitrogen and oxygen atoms in total. The number of unbranched alkanes of at least 4 members (excludes halogenated alkanes) is 1. The summed E-state index contributed by atoms with van der Waals surface area (Å²) in [4.78, 5) is 6.89. The first-order chi connectivity index (χ1) is 13.7. The van der Waals surface area contributed by atoms with Crippen molar-refractivity contribution in [2.75, 3.05) is 13.2 Å². The molecule has 1 aliphatic heterocycles. The van der Waals surface area contributed by atoms with E-state index in [1.807, 2.05) is 0 Å². The van der Waals surface area contributed by atoms with E-state index in [2.05, 4.69) is 39.7 Å². The van der Waals surface area contributed by atoms with Crippen LogP contribution in [0.2, 0.25) is 10.3 Å². The van der Waals surface area contributed by atoms with Crippen LogP contribution in [0.3, 0.4) is 0 Å². The Bertz CT molecular complexity index is 712. The number of aromatic nitrogens is 2. The number of ether oxygens (including phenoxy) is 1. The predicted octanol–water partition coefficient (Wildman–Crippen LogP) is 2.25. The molecule has 1 saturated heterocycles. The molecule has 2 aromatic rings. The van der Waals surface area contributed by atoms with Gasteiger partial charge in [0.05, 0.1) is 0 Å². The largest absolute Gasteiger partial charge is 1.00 e. The van der Waals surface area contributed by atoms with Gasteiger partial charge in [-0.05, 0) is 40.9 Å². The van der Waals surface area contributed by atoms with E-state index in [-0.39, 0.29) is 42.1 Å². The molecule has 12 heteroatoms. The van der Waals surface area contributed by atoms with Crippen LogP contribution in [0.4, 0.5) is 8.78 Å². The molecule has 0 unspecified atom stereocenters. The third kappa shape index (κ3) is 17.9. The van der Waals surface area contributed by atoms with Gasteiger partial charge in [0.1, 0.15) is 0 Å². The minimum absolute atomic E-state index is 0. The van der Waals surface area contributed by atoms with Crippen molar-refractivity contribution in [3.63, 3.8) is 0 Å². The second kappa shape index (κ2) is 21.6. The molecule has 0 aromatic carbocycles. The summed E-state index contributed by atoms with van der Waals surface area (Å²) < 4.78 is 30.4. The Kier molecular flexibility index (Phi) is 24.6. The maximum atomic E-state index is 12.5. The molecule has 1 fully saturated rings. The summed E-state index contributed by atoms with van der Waals surface area (Å²) in [5.74, 6) is -1.27. The van der Waals surface area contributed by atoms with Crippen molar-refractivity contribution in [1.29, 1.82) is 0 Å². The van der Waals surface area contributed by atoms with Crippen LogP contribution in [0.5, 0.6) is 0 Å². The van der Waals surface area contributed by atoms with E-state index in [9.17, 15) is 8.78 Å². The Hall–Kier alpha value is -0.238. The molecule has 3 rings (SSSR count). The Morgan fingerprint density at radius 2 is 1.55 bits per heavy atom. The van der Waals surface area contributed by atoms with E-state index in [1.54, 1.807) is 0 Å². The number of halogens is 5. The van der Waals surface area contributed by atoms with Crippen molar-refractivity contribution >= 4 is 51.7 Å². The van der Waals surface area contributed by atoms with Crippen molar-refractivity contribution in [2.45, 2.75) is 40.0 Å². The van der Waals surface area contributed by atoms with Crippen LogP contribution in [0.1, 0.15) is 40.0 Å². The van der Waals surface area contributed by atoms with E-state index in [1.165, 1.54) is 31.5 Å². The zero-order chi connectivity index (χ0) is 22.2. The monoisotopic (exact) mass is 536 g/mol.